The first-order chi connectivity index (χ1) is 12.7. The lowest BCUT2D eigenvalue weighted by atomic mass is 10.1. The monoisotopic (exact) mass is 390 g/mol. The van der Waals surface area contributed by atoms with E-state index in [9.17, 15) is 13.2 Å². The largest absolute Gasteiger partial charge is 0.495 e. The number of methoxy groups -OCH3 is 1. The molecular weight excluding hydrogens is 364 g/mol. The van der Waals surface area contributed by atoms with Gasteiger partial charge in [0.2, 0.25) is 10.0 Å². The Morgan fingerprint density at radius 2 is 1.74 bits per heavy atom. The molecule has 0 aliphatic rings. The maximum absolute atomic E-state index is 12.9. The maximum atomic E-state index is 12.9. The van der Waals surface area contributed by atoms with E-state index in [1.165, 1.54) is 23.5 Å². The van der Waals surface area contributed by atoms with E-state index in [4.69, 9.17) is 4.74 Å². The van der Waals surface area contributed by atoms with Crippen LogP contribution in [0.3, 0.4) is 0 Å². The SMILES string of the molecule is CCN(CC)S(=O)(=O)c1cc(C(=O)Nc2cc(C)ccc2C)ccc1OC. The number of ether oxygens (including phenoxy) is 1. The molecule has 0 bridgehead atoms. The molecule has 0 aliphatic carbocycles. The highest BCUT2D eigenvalue weighted by Crippen LogP contribution is 2.28. The van der Waals surface area contributed by atoms with Crippen LogP contribution in [-0.4, -0.2) is 38.8 Å². The van der Waals surface area contributed by atoms with Crippen LogP contribution < -0.4 is 10.1 Å². The van der Waals surface area contributed by atoms with Gasteiger partial charge in [-0.05, 0) is 49.2 Å². The second-order valence-electron chi connectivity index (χ2n) is 6.23. The van der Waals surface area contributed by atoms with Gasteiger partial charge in [-0.2, -0.15) is 4.31 Å². The molecule has 0 spiro atoms. The summed E-state index contributed by atoms with van der Waals surface area (Å²) in [6.45, 7) is 8.05. The van der Waals surface area contributed by atoms with Gasteiger partial charge in [0.1, 0.15) is 10.6 Å². The summed E-state index contributed by atoms with van der Waals surface area (Å²) in [5, 5.41) is 2.85. The Morgan fingerprint density at radius 1 is 1.07 bits per heavy atom. The molecule has 0 atom stereocenters. The van der Waals surface area contributed by atoms with Crippen LogP contribution in [0, 0.1) is 13.8 Å². The van der Waals surface area contributed by atoms with Crippen LogP contribution in [0.25, 0.3) is 0 Å². The first-order valence-corrected chi connectivity index (χ1v) is 10.2. The molecular formula is C20H26N2O4S. The van der Waals surface area contributed by atoms with Crippen molar-refractivity contribution in [3.05, 3.63) is 53.1 Å². The molecule has 2 rings (SSSR count). The summed E-state index contributed by atoms with van der Waals surface area (Å²) in [6, 6.07) is 10.2. The van der Waals surface area contributed by atoms with E-state index in [2.05, 4.69) is 5.32 Å². The van der Waals surface area contributed by atoms with Gasteiger partial charge in [0, 0.05) is 24.3 Å². The van der Waals surface area contributed by atoms with Crippen molar-refractivity contribution < 1.29 is 17.9 Å². The van der Waals surface area contributed by atoms with Gasteiger partial charge in [0.05, 0.1) is 7.11 Å². The minimum Gasteiger partial charge on any atom is -0.495 e. The Hall–Kier alpha value is -2.38. The van der Waals surface area contributed by atoms with Crippen LogP contribution >= 0.6 is 0 Å². The molecule has 2 aromatic rings. The maximum Gasteiger partial charge on any atom is 0.255 e. The molecule has 0 radical (unpaired) electrons. The average molecular weight is 391 g/mol. The van der Waals surface area contributed by atoms with E-state index in [0.29, 0.717) is 18.8 Å². The third-order valence-corrected chi connectivity index (χ3v) is 6.46. The zero-order valence-electron chi connectivity index (χ0n) is 16.4. The van der Waals surface area contributed by atoms with Gasteiger partial charge in [-0.15, -0.1) is 0 Å². The minimum atomic E-state index is -3.76. The number of aryl methyl sites for hydroxylation is 2. The lowest BCUT2D eigenvalue weighted by molar-refractivity contribution is 0.102. The highest BCUT2D eigenvalue weighted by atomic mass is 32.2. The van der Waals surface area contributed by atoms with Crippen LogP contribution in [0.4, 0.5) is 5.69 Å². The number of rotatable bonds is 7. The van der Waals surface area contributed by atoms with Gasteiger partial charge in [0.25, 0.3) is 5.91 Å². The van der Waals surface area contributed by atoms with Gasteiger partial charge in [-0.3, -0.25) is 4.79 Å². The molecule has 0 heterocycles. The zero-order chi connectivity index (χ0) is 20.2. The summed E-state index contributed by atoms with van der Waals surface area (Å²) >= 11 is 0. The fraction of sp³-hybridized carbons (Fsp3) is 0.350. The van der Waals surface area contributed by atoms with Crippen LogP contribution in [0.15, 0.2) is 41.3 Å². The molecule has 0 unspecified atom stereocenters. The number of amides is 1. The number of nitrogens with one attached hydrogen (secondary N) is 1. The molecule has 0 saturated carbocycles. The summed E-state index contributed by atoms with van der Waals surface area (Å²) in [4.78, 5) is 12.7. The molecule has 1 amide bonds. The summed E-state index contributed by atoms with van der Waals surface area (Å²) in [5.41, 5.74) is 2.90. The fourth-order valence-electron chi connectivity index (χ4n) is 2.79. The molecule has 0 fully saturated rings. The molecule has 2 aromatic carbocycles. The van der Waals surface area contributed by atoms with E-state index in [1.807, 2.05) is 32.0 Å². The molecule has 0 aromatic heterocycles. The number of nitrogens with zero attached hydrogens (tertiary/aromatic N) is 1. The normalized spacial score (nSPS) is 11.5. The minimum absolute atomic E-state index is 0.0117. The van der Waals surface area contributed by atoms with Crippen molar-refractivity contribution in [2.45, 2.75) is 32.6 Å². The van der Waals surface area contributed by atoms with Gasteiger partial charge < -0.3 is 10.1 Å². The van der Waals surface area contributed by atoms with Gasteiger partial charge >= 0.3 is 0 Å². The number of carbonyl (C=O) groups excluding carboxylic acids is 1. The quantitative estimate of drug-likeness (QED) is 0.784. The topological polar surface area (TPSA) is 75.7 Å². The highest BCUT2D eigenvalue weighted by molar-refractivity contribution is 7.89. The number of sulfonamides is 1. The third-order valence-electron chi connectivity index (χ3n) is 4.39. The van der Waals surface area contributed by atoms with Crippen molar-refractivity contribution in [3.63, 3.8) is 0 Å². The molecule has 0 saturated heterocycles. The Balaban J connectivity index is 2.44. The van der Waals surface area contributed by atoms with Crippen molar-refractivity contribution in [1.82, 2.24) is 4.31 Å². The van der Waals surface area contributed by atoms with Crippen molar-refractivity contribution in [3.8, 4) is 5.75 Å². The molecule has 6 nitrogen and oxygen atoms in total. The first-order valence-electron chi connectivity index (χ1n) is 8.81. The summed E-state index contributed by atoms with van der Waals surface area (Å²) in [7, 11) is -2.35. The molecule has 0 aliphatic heterocycles. The van der Waals surface area contributed by atoms with Crippen LogP contribution in [0.2, 0.25) is 0 Å². The van der Waals surface area contributed by atoms with E-state index in [-0.39, 0.29) is 22.1 Å². The predicted octanol–water partition coefficient (Wildman–Crippen LogP) is 3.59. The smallest absolute Gasteiger partial charge is 0.255 e. The zero-order valence-corrected chi connectivity index (χ0v) is 17.2. The first kappa shape index (κ1) is 20.9. The Labute approximate surface area is 161 Å². The Kier molecular flexibility index (Phi) is 6.62. The number of carbonyl (C=O) groups is 1. The Bertz CT molecular complexity index is 935. The van der Waals surface area contributed by atoms with Crippen LogP contribution in [-0.2, 0) is 10.0 Å². The highest BCUT2D eigenvalue weighted by Gasteiger charge is 2.26. The van der Waals surface area contributed by atoms with Gasteiger partial charge in [0.15, 0.2) is 0 Å². The molecule has 27 heavy (non-hydrogen) atoms. The summed E-state index contributed by atoms with van der Waals surface area (Å²) in [5.74, 6) is -0.160. The lowest BCUT2D eigenvalue weighted by Crippen LogP contribution is -2.31. The average Bonchev–Trinajstić information content (AvgIpc) is 2.64. The van der Waals surface area contributed by atoms with Crippen LogP contribution in [0.1, 0.15) is 35.3 Å². The molecule has 1 N–H and O–H groups in total. The van der Waals surface area contributed by atoms with E-state index >= 15 is 0 Å². The van der Waals surface area contributed by atoms with Crippen molar-refractivity contribution >= 4 is 21.6 Å². The van der Waals surface area contributed by atoms with E-state index in [0.717, 1.165) is 11.1 Å². The van der Waals surface area contributed by atoms with Gasteiger partial charge in [-0.25, -0.2) is 8.42 Å². The lowest BCUT2D eigenvalue weighted by Gasteiger charge is -2.20. The predicted molar refractivity (Wildman–Crippen MR) is 107 cm³/mol. The van der Waals surface area contributed by atoms with Gasteiger partial charge in [-0.1, -0.05) is 26.0 Å². The fourth-order valence-corrected chi connectivity index (χ4v) is 4.43. The molecule has 146 valence electrons. The second-order valence-corrected chi connectivity index (χ2v) is 8.13. The second kappa shape index (κ2) is 8.54. The summed E-state index contributed by atoms with van der Waals surface area (Å²) in [6.07, 6.45) is 0. The van der Waals surface area contributed by atoms with Crippen molar-refractivity contribution in [2.75, 3.05) is 25.5 Å². The number of anilines is 1. The van der Waals surface area contributed by atoms with Crippen LogP contribution in [0.5, 0.6) is 5.75 Å². The molecule has 7 heteroatoms. The Morgan fingerprint density at radius 3 is 2.33 bits per heavy atom. The standard InChI is InChI=1S/C20H26N2O4S/c1-6-22(7-2)27(24,25)19-13-16(10-11-18(19)26-5)20(23)21-17-12-14(3)8-9-15(17)4/h8-13H,6-7H2,1-5H3,(H,21,23). The number of hydrogen-bond donors (Lipinski definition) is 1. The van der Waals surface area contributed by atoms with E-state index < -0.39 is 10.0 Å². The van der Waals surface area contributed by atoms with Crippen molar-refractivity contribution in [1.29, 1.82) is 0 Å². The van der Waals surface area contributed by atoms with E-state index in [1.54, 1.807) is 19.9 Å². The summed E-state index contributed by atoms with van der Waals surface area (Å²) < 4.78 is 32.4. The van der Waals surface area contributed by atoms with Crippen molar-refractivity contribution in [2.24, 2.45) is 0 Å². The third kappa shape index (κ3) is 4.48. The number of hydrogen-bond acceptors (Lipinski definition) is 4. The number of benzene rings is 2.